The first-order chi connectivity index (χ1) is 12.7. The Morgan fingerprint density at radius 3 is 1.81 bits per heavy atom. The van der Waals surface area contributed by atoms with Gasteiger partial charge in [0.05, 0.1) is 39.6 Å². The van der Waals surface area contributed by atoms with Crippen LogP contribution in [0.1, 0.15) is 34.6 Å². The first-order valence-electron chi connectivity index (χ1n) is 9.58. The number of hydrogen-bond donors (Lipinski definition) is 2. The van der Waals surface area contributed by atoms with E-state index in [-0.39, 0.29) is 36.4 Å². The highest BCUT2D eigenvalue weighted by Gasteiger charge is 2.08. The Kier molecular flexibility index (Phi) is 15.3. The van der Waals surface area contributed by atoms with Gasteiger partial charge in [0.25, 0.3) is 0 Å². The third-order valence-electron chi connectivity index (χ3n) is 3.34. The van der Waals surface area contributed by atoms with Gasteiger partial charge in [0.2, 0.25) is 5.91 Å². The Labute approximate surface area is 163 Å². The predicted octanol–water partition coefficient (Wildman–Crippen LogP) is 0.782. The molecule has 0 saturated heterocycles. The lowest BCUT2D eigenvalue weighted by atomic mass is 10.1. The molecule has 0 atom stereocenters. The molecule has 1 amide bonds. The number of rotatable bonds is 17. The average molecular weight is 391 g/mol. The topological polar surface area (TPSA) is 95.1 Å². The van der Waals surface area contributed by atoms with Crippen LogP contribution in [0.3, 0.4) is 0 Å². The van der Waals surface area contributed by atoms with Gasteiger partial charge in [-0.25, -0.2) is 0 Å². The summed E-state index contributed by atoms with van der Waals surface area (Å²) in [4.78, 5) is 22.8. The van der Waals surface area contributed by atoms with Crippen LogP contribution < -0.4 is 10.6 Å². The van der Waals surface area contributed by atoms with Crippen LogP contribution in [-0.2, 0) is 28.5 Å². The fraction of sp³-hybridized carbons (Fsp3) is 0.895. The minimum atomic E-state index is -0.260. The van der Waals surface area contributed by atoms with Crippen molar-refractivity contribution in [1.29, 1.82) is 0 Å². The molecule has 0 heterocycles. The Morgan fingerprint density at radius 2 is 1.30 bits per heavy atom. The van der Waals surface area contributed by atoms with Crippen molar-refractivity contribution in [3.8, 4) is 0 Å². The molecule has 0 unspecified atom stereocenters. The Balaban J connectivity index is 3.26. The first-order valence-corrected chi connectivity index (χ1v) is 9.58. The van der Waals surface area contributed by atoms with Crippen LogP contribution in [0.15, 0.2) is 0 Å². The molecular formula is C19H38N2O6. The van der Waals surface area contributed by atoms with Gasteiger partial charge in [0.15, 0.2) is 5.78 Å². The van der Waals surface area contributed by atoms with Gasteiger partial charge >= 0.3 is 0 Å². The summed E-state index contributed by atoms with van der Waals surface area (Å²) in [6, 6.07) is 0. The molecule has 27 heavy (non-hydrogen) atoms. The van der Waals surface area contributed by atoms with E-state index in [0.717, 1.165) is 6.54 Å². The Bertz CT molecular complexity index is 396. The summed E-state index contributed by atoms with van der Waals surface area (Å²) in [5.74, 6) is -0.358. The number of ketones is 1. The maximum atomic E-state index is 11.5. The fourth-order valence-electron chi connectivity index (χ4n) is 1.76. The summed E-state index contributed by atoms with van der Waals surface area (Å²) in [5, 5.41) is 6.00. The molecule has 8 nitrogen and oxygen atoms in total. The van der Waals surface area contributed by atoms with E-state index in [1.807, 2.05) is 0 Å². The van der Waals surface area contributed by atoms with Gasteiger partial charge < -0.3 is 29.6 Å². The lowest BCUT2D eigenvalue weighted by Gasteiger charge is -2.20. The van der Waals surface area contributed by atoms with Crippen LogP contribution in [0.2, 0.25) is 0 Å². The molecule has 160 valence electrons. The molecule has 0 fully saturated rings. The predicted molar refractivity (Wildman–Crippen MR) is 104 cm³/mol. The summed E-state index contributed by atoms with van der Waals surface area (Å²) < 4.78 is 21.3. The van der Waals surface area contributed by atoms with E-state index in [0.29, 0.717) is 46.2 Å². The molecule has 0 aliphatic heterocycles. The molecule has 8 heteroatoms. The van der Waals surface area contributed by atoms with Gasteiger partial charge in [-0.2, -0.15) is 0 Å². The van der Waals surface area contributed by atoms with Gasteiger partial charge in [-0.1, -0.05) is 13.8 Å². The number of carbonyl (C=O) groups excluding carboxylic acids is 2. The van der Waals surface area contributed by atoms with Crippen molar-refractivity contribution in [2.24, 2.45) is 5.92 Å². The SMILES string of the molecule is CC(C)C(=O)COCC(=O)NCCOCCOCCOCCNC(C)(C)C. The number of nitrogens with one attached hydrogen (secondary N) is 2. The molecule has 0 aliphatic rings. The summed E-state index contributed by atoms with van der Waals surface area (Å²) >= 11 is 0. The lowest BCUT2D eigenvalue weighted by molar-refractivity contribution is -0.131. The number of ether oxygens (including phenoxy) is 4. The zero-order chi connectivity index (χ0) is 20.5. The van der Waals surface area contributed by atoms with E-state index < -0.39 is 0 Å². The van der Waals surface area contributed by atoms with E-state index in [1.165, 1.54) is 0 Å². The molecular weight excluding hydrogens is 352 g/mol. The van der Waals surface area contributed by atoms with Crippen LogP contribution in [0.5, 0.6) is 0 Å². The lowest BCUT2D eigenvalue weighted by Crippen LogP contribution is -2.38. The molecule has 0 spiro atoms. The first kappa shape index (κ1) is 25.9. The molecule has 0 aromatic carbocycles. The van der Waals surface area contributed by atoms with E-state index >= 15 is 0 Å². The van der Waals surface area contributed by atoms with Crippen molar-refractivity contribution in [1.82, 2.24) is 10.6 Å². The molecule has 0 radical (unpaired) electrons. The summed E-state index contributed by atoms with van der Waals surface area (Å²) in [6.07, 6.45) is 0. The number of carbonyl (C=O) groups is 2. The molecule has 0 aromatic heterocycles. The maximum Gasteiger partial charge on any atom is 0.246 e. The van der Waals surface area contributed by atoms with Crippen LogP contribution in [-0.4, -0.2) is 83.2 Å². The Hall–Kier alpha value is -1.06. The molecule has 0 saturated carbocycles. The van der Waals surface area contributed by atoms with Gasteiger partial charge in [-0.05, 0) is 20.8 Å². The van der Waals surface area contributed by atoms with Gasteiger partial charge in [0.1, 0.15) is 13.2 Å². The number of amides is 1. The highest BCUT2D eigenvalue weighted by molar-refractivity contribution is 5.82. The number of hydrogen-bond acceptors (Lipinski definition) is 7. The summed E-state index contributed by atoms with van der Waals surface area (Å²) in [6.45, 7) is 14.1. The second-order valence-electron chi connectivity index (χ2n) is 7.48. The van der Waals surface area contributed by atoms with E-state index in [1.54, 1.807) is 13.8 Å². The minimum absolute atomic E-state index is 0.0156. The highest BCUT2D eigenvalue weighted by Crippen LogP contribution is 1.96. The zero-order valence-corrected chi connectivity index (χ0v) is 17.6. The minimum Gasteiger partial charge on any atom is -0.378 e. The highest BCUT2D eigenvalue weighted by atomic mass is 16.5. The second-order valence-corrected chi connectivity index (χ2v) is 7.48. The largest absolute Gasteiger partial charge is 0.378 e. The fourth-order valence-corrected chi connectivity index (χ4v) is 1.76. The van der Waals surface area contributed by atoms with E-state index in [2.05, 4.69) is 31.4 Å². The normalized spacial score (nSPS) is 11.8. The second kappa shape index (κ2) is 15.9. The average Bonchev–Trinajstić information content (AvgIpc) is 2.57. The van der Waals surface area contributed by atoms with Crippen molar-refractivity contribution >= 4 is 11.7 Å². The molecule has 0 bridgehead atoms. The Morgan fingerprint density at radius 1 is 0.778 bits per heavy atom. The molecule has 2 N–H and O–H groups in total. The zero-order valence-electron chi connectivity index (χ0n) is 17.6. The van der Waals surface area contributed by atoms with E-state index in [4.69, 9.17) is 18.9 Å². The van der Waals surface area contributed by atoms with Crippen molar-refractivity contribution < 1.29 is 28.5 Å². The standard InChI is InChI=1S/C19H38N2O6/c1-16(2)17(22)14-27-15-18(23)20-6-8-24-10-12-26-13-11-25-9-7-21-19(3,4)5/h16,21H,6-15H2,1-5H3,(H,20,23). The molecule has 0 aromatic rings. The number of Topliss-reactive ketones (excluding diaryl/α,β-unsaturated/α-hetero) is 1. The van der Waals surface area contributed by atoms with Crippen molar-refractivity contribution in [3.63, 3.8) is 0 Å². The quantitative estimate of drug-likeness (QED) is 0.354. The van der Waals surface area contributed by atoms with Crippen LogP contribution >= 0.6 is 0 Å². The maximum absolute atomic E-state index is 11.5. The van der Waals surface area contributed by atoms with Gasteiger partial charge in [0, 0.05) is 24.5 Å². The van der Waals surface area contributed by atoms with Gasteiger partial charge in [-0.15, -0.1) is 0 Å². The molecule has 0 rings (SSSR count). The third-order valence-corrected chi connectivity index (χ3v) is 3.34. The summed E-state index contributed by atoms with van der Waals surface area (Å²) in [7, 11) is 0. The van der Waals surface area contributed by atoms with Crippen molar-refractivity contribution in [2.45, 2.75) is 40.2 Å². The van der Waals surface area contributed by atoms with Crippen molar-refractivity contribution in [3.05, 3.63) is 0 Å². The monoisotopic (exact) mass is 390 g/mol. The third kappa shape index (κ3) is 19.5. The van der Waals surface area contributed by atoms with E-state index in [9.17, 15) is 9.59 Å². The summed E-state index contributed by atoms with van der Waals surface area (Å²) in [5.41, 5.74) is 0.108. The van der Waals surface area contributed by atoms with Crippen LogP contribution in [0.4, 0.5) is 0 Å². The molecule has 0 aliphatic carbocycles. The smallest absolute Gasteiger partial charge is 0.246 e. The van der Waals surface area contributed by atoms with Gasteiger partial charge in [-0.3, -0.25) is 9.59 Å². The van der Waals surface area contributed by atoms with Crippen LogP contribution in [0, 0.1) is 5.92 Å². The van der Waals surface area contributed by atoms with Crippen LogP contribution in [0.25, 0.3) is 0 Å². The van der Waals surface area contributed by atoms with Crippen molar-refractivity contribution in [2.75, 3.05) is 65.9 Å².